The minimum atomic E-state index is -1.19. The van der Waals surface area contributed by atoms with E-state index >= 15 is 0 Å². The zero-order valence-electron chi connectivity index (χ0n) is 6.96. The highest BCUT2D eigenvalue weighted by Gasteiger charge is 2.16. The summed E-state index contributed by atoms with van der Waals surface area (Å²) in [5, 5.41) is 36.0. The van der Waals surface area contributed by atoms with Crippen molar-refractivity contribution in [2.24, 2.45) is 0 Å². The van der Waals surface area contributed by atoms with Gasteiger partial charge in [-0.3, -0.25) is 0 Å². The van der Waals surface area contributed by atoms with Crippen LogP contribution in [0.1, 0.15) is 11.7 Å². The number of phenols is 1. The first kappa shape index (κ1) is 9.98. The van der Waals surface area contributed by atoms with Crippen molar-refractivity contribution in [3.63, 3.8) is 0 Å². The van der Waals surface area contributed by atoms with Crippen LogP contribution in [0.5, 0.6) is 5.75 Å². The highest BCUT2D eigenvalue weighted by molar-refractivity contribution is 5.27. The largest absolute Gasteiger partial charge is 0.508 e. The van der Waals surface area contributed by atoms with Crippen LogP contribution in [-0.4, -0.2) is 33.1 Å². The number of aliphatic hydroxyl groups excluding tert-OH is 3. The van der Waals surface area contributed by atoms with Gasteiger partial charge in [-0.2, -0.15) is 0 Å². The molecule has 0 saturated heterocycles. The summed E-state index contributed by atoms with van der Waals surface area (Å²) in [6.45, 7) is -0.498. The van der Waals surface area contributed by atoms with Gasteiger partial charge in [0.1, 0.15) is 18.0 Å². The maximum absolute atomic E-state index is 9.39. The predicted molar refractivity (Wildman–Crippen MR) is 46.2 cm³/mol. The van der Waals surface area contributed by atoms with Crippen molar-refractivity contribution in [3.8, 4) is 5.75 Å². The second kappa shape index (κ2) is 4.23. The summed E-state index contributed by atoms with van der Waals surface area (Å²) in [7, 11) is 0. The van der Waals surface area contributed by atoms with Crippen LogP contribution in [0.25, 0.3) is 0 Å². The lowest BCUT2D eigenvalue weighted by atomic mass is 10.1. The van der Waals surface area contributed by atoms with Crippen LogP contribution < -0.4 is 0 Å². The van der Waals surface area contributed by atoms with Crippen LogP contribution in [0.4, 0.5) is 0 Å². The third-order valence-corrected chi connectivity index (χ3v) is 1.79. The molecule has 1 aromatic carbocycles. The van der Waals surface area contributed by atoms with Gasteiger partial charge in [0.05, 0.1) is 6.61 Å². The van der Waals surface area contributed by atoms with Gasteiger partial charge in [0.25, 0.3) is 0 Å². The number of aliphatic hydroxyl groups is 3. The highest BCUT2D eigenvalue weighted by atomic mass is 16.4. The molecule has 0 saturated carbocycles. The van der Waals surface area contributed by atoms with Crippen molar-refractivity contribution in [3.05, 3.63) is 29.8 Å². The number of hydrogen-bond donors (Lipinski definition) is 4. The molecule has 0 fully saturated rings. The minimum Gasteiger partial charge on any atom is -0.508 e. The SMILES string of the molecule is OCC(O)[C@@H](O)c1ccc(O)cc1. The molecule has 72 valence electrons. The number of phenolic OH excluding ortho intramolecular Hbond substituents is 1. The van der Waals surface area contributed by atoms with E-state index in [0.29, 0.717) is 5.56 Å². The molecule has 1 rings (SSSR count). The number of aromatic hydroxyl groups is 1. The molecule has 0 aliphatic carbocycles. The van der Waals surface area contributed by atoms with E-state index in [1.807, 2.05) is 0 Å². The van der Waals surface area contributed by atoms with E-state index in [1.165, 1.54) is 24.3 Å². The molecule has 4 N–H and O–H groups in total. The van der Waals surface area contributed by atoms with E-state index in [2.05, 4.69) is 0 Å². The summed E-state index contributed by atoms with van der Waals surface area (Å²) in [5.74, 6) is 0.0921. The fourth-order valence-corrected chi connectivity index (χ4v) is 0.993. The minimum absolute atomic E-state index is 0.0921. The molecule has 0 aliphatic heterocycles. The lowest BCUT2D eigenvalue weighted by Crippen LogP contribution is -2.21. The van der Waals surface area contributed by atoms with E-state index in [9.17, 15) is 5.11 Å². The Labute approximate surface area is 75.7 Å². The molecule has 13 heavy (non-hydrogen) atoms. The Balaban J connectivity index is 2.77. The van der Waals surface area contributed by atoms with Gasteiger partial charge in [-0.1, -0.05) is 12.1 Å². The first-order valence-electron chi connectivity index (χ1n) is 3.91. The van der Waals surface area contributed by atoms with Crippen molar-refractivity contribution in [1.82, 2.24) is 0 Å². The van der Waals surface area contributed by atoms with Crippen LogP contribution in [-0.2, 0) is 0 Å². The molecule has 0 aliphatic rings. The van der Waals surface area contributed by atoms with Gasteiger partial charge in [0, 0.05) is 0 Å². The Bertz CT molecular complexity index is 257. The lowest BCUT2D eigenvalue weighted by Gasteiger charge is -2.15. The maximum Gasteiger partial charge on any atom is 0.115 e. The summed E-state index contributed by atoms with van der Waals surface area (Å²) in [6.07, 6.45) is -2.31. The quantitative estimate of drug-likeness (QED) is 0.523. The lowest BCUT2D eigenvalue weighted by molar-refractivity contribution is -0.0152. The summed E-state index contributed by atoms with van der Waals surface area (Å²) in [5.41, 5.74) is 0.458. The number of benzene rings is 1. The molecule has 0 bridgehead atoms. The Morgan fingerprint density at radius 1 is 1.08 bits per heavy atom. The van der Waals surface area contributed by atoms with Gasteiger partial charge < -0.3 is 20.4 Å². The second-order valence-electron chi connectivity index (χ2n) is 2.79. The first-order valence-corrected chi connectivity index (χ1v) is 3.91. The van der Waals surface area contributed by atoms with Crippen LogP contribution >= 0.6 is 0 Å². The Kier molecular flexibility index (Phi) is 3.25. The summed E-state index contributed by atoms with van der Waals surface area (Å²) >= 11 is 0. The summed E-state index contributed by atoms with van der Waals surface area (Å²) in [4.78, 5) is 0. The Morgan fingerprint density at radius 2 is 1.62 bits per heavy atom. The molecular weight excluding hydrogens is 172 g/mol. The number of hydrogen-bond acceptors (Lipinski definition) is 4. The van der Waals surface area contributed by atoms with E-state index in [4.69, 9.17) is 15.3 Å². The van der Waals surface area contributed by atoms with Crippen LogP contribution in [0.3, 0.4) is 0 Å². The summed E-state index contributed by atoms with van der Waals surface area (Å²) < 4.78 is 0. The molecule has 0 heterocycles. The van der Waals surface area contributed by atoms with Crippen molar-refractivity contribution in [1.29, 1.82) is 0 Å². The van der Waals surface area contributed by atoms with Crippen LogP contribution in [0.2, 0.25) is 0 Å². The fourth-order valence-electron chi connectivity index (χ4n) is 0.993. The Hall–Kier alpha value is -1.10. The molecule has 4 heteroatoms. The molecule has 0 radical (unpaired) electrons. The van der Waals surface area contributed by atoms with Crippen molar-refractivity contribution < 1.29 is 20.4 Å². The van der Waals surface area contributed by atoms with E-state index < -0.39 is 18.8 Å². The smallest absolute Gasteiger partial charge is 0.115 e. The summed E-state index contributed by atoms with van der Waals surface area (Å²) in [6, 6.07) is 5.78. The number of rotatable bonds is 3. The molecule has 1 aromatic rings. The highest BCUT2D eigenvalue weighted by Crippen LogP contribution is 2.19. The van der Waals surface area contributed by atoms with E-state index in [-0.39, 0.29) is 5.75 Å². The first-order chi connectivity index (χ1) is 6.15. The predicted octanol–water partition coefficient (Wildman–Crippen LogP) is -0.221. The topological polar surface area (TPSA) is 80.9 Å². The average molecular weight is 184 g/mol. The third kappa shape index (κ3) is 2.42. The second-order valence-corrected chi connectivity index (χ2v) is 2.79. The molecule has 0 aromatic heterocycles. The molecular formula is C9H12O4. The fraction of sp³-hybridized carbons (Fsp3) is 0.333. The van der Waals surface area contributed by atoms with Gasteiger partial charge in [-0.25, -0.2) is 0 Å². The maximum atomic E-state index is 9.39. The van der Waals surface area contributed by atoms with E-state index in [0.717, 1.165) is 0 Å². The normalized spacial score (nSPS) is 15.3. The van der Waals surface area contributed by atoms with Gasteiger partial charge in [-0.05, 0) is 17.7 Å². The van der Waals surface area contributed by atoms with Gasteiger partial charge >= 0.3 is 0 Å². The zero-order chi connectivity index (χ0) is 9.84. The standard InChI is InChI=1S/C9H12O4/c10-5-8(12)9(13)6-1-3-7(11)4-2-6/h1-4,8-13H,5H2/t8?,9-/m0/s1. The van der Waals surface area contributed by atoms with Crippen molar-refractivity contribution in [2.45, 2.75) is 12.2 Å². The molecule has 2 atom stereocenters. The third-order valence-electron chi connectivity index (χ3n) is 1.79. The van der Waals surface area contributed by atoms with Gasteiger partial charge in [0.2, 0.25) is 0 Å². The van der Waals surface area contributed by atoms with E-state index in [1.54, 1.807) is 0 Å². The van der Waals surface area contributed by atoms with Crippen molar-refractivity contribution >= 4 is 0 Å². The van der Waals surface area contributed by atoms with Crippen LogP contribution in [0, 0.1) is 0 Å². The average Bonchev–Trinajstić information content (AvgIpc) is 2.17. The monoisotopic (exact) mass is 184 g/mol. The Morgan fingerprint density at radius 3 is 2.08 bits per heavy atom. The van der Waals surface area contributed by atoms with Gasteiger partial charge in [0.15, 0.2) is 0 Å². The zero-order valence-corrected chi connectivity index (χ0v) is 6.96. The molecule has 0 amide bonds. The molecule has 0 spiro atoms. The molecule has 4 nitrogen and oxygen atoms in total. The molecule has 1 unspecified atom stereocenters. The van der Waals surface area contributed by atoms with Crippen molar-refractivity contribution in [2.75, 3.05) is 6.61 Å². The van der Waals surface area contributed by atoms with Crippen LogP contribution in [0.15, 0.2) is 24.3 Å². The van der Waals surface area contributed by atoms with Gasteiger partial charge in [-0.15, -0.1) is 0 Å².